The standard InChI is InChI=1S/C11H13F3N2O3/c12-11(13,14)6-18-5-9-15-10(19-16-9)7-3-1-2-4-8(7)17/h7H,1-6H2. The molecular weight excluding hydrogens is 265 g/mol. The lowest BCUT2D eigenvalue weighted by Gasteiger charge is -2.16. The summed E-state index contributed by atoms with van der Waals surface area (Å²) in [6.07, 6.45) is -1.51. The number of alkyl halides is 3. The molecule has 0 radical (unpaired) electrons. The van der Waals surface area contributed by atoms with Gasteiger partial charge in [0.1, 0.15) is 19.0 Å². The number of rotatable bonds is 4. The van der Waals surface area contributed by atoms with Gasteiger partial charge in [0.25, 0.3) is 0 Å². The molecule has 0 spiro atoms. The molecular formula is C11H13F3N2O3. The van der Waals surface area contributed by atoms with E-state index in [9.17, 15) is 18.0 Å². The van der Waals surface area contributed by atoms with Crippen molar-refractivity contribution in [3.63, 3.8) is 0 Å². The van der Waals surface area contributed by atoms with Gasteiger partial charge in [0.05, 0.1) is 5.92 Å². The molecule has 2 rings (SSSR count). The van der Waals surface area contributed by atoms with Crippen molar-refractivity contribution in [3.05, 3.63) is 11.7 Å². The van der Waals surface area contributed by atoms with Crippen LogP contribution < -0.4 is 0 Å². The van der Waals surface area contributed by atoms with E-state index in [1.54, 1.807) is 0 Å². The quantitative estimate of drug-likeness (QED) is 0.846. The van der Waals surface area contributed by atoms with Gasteiger partial charge in [0.15, 0.2) is 5.82 Å². The van der Waals surface area contributed by atoms with E-state index in [-0.39, 0.29) is 24.1 Å². The van der Waals surface area contributed by atoms with Crippen LogP contribution in [-0.2, 0) is 16.1 Å². The number of Topliss-reactive ketones (excluding diaryl/α,β-unsaturated/α-hetero) is 1. The Morgan fingerprint density at radius 1 is 1.37 bits per heavy atom. The fraction of sp³-hybridized carbons (Fsp3) is 0.727. The zero-order valence-electron chi connectivity index (χ0n) is 10.1. The molecule has 1 aromatic heterocycles. The van der Waals surface area contributed by atoms with Crippen LogP contribution in [0, 0.1) is 0 Å². The number of ether oxygens (including phenoxy) is 1. The second-order valence-corrected chi connectivity index (χ2v) is 4.42. The third-order valence-electron chi connectivity index (χ3n) is 2.83. The summed E-state index contributed by atoms with van der Waals surface area (Å²) in [5.74, 6) is -0.178. The van der Waals surface area contributed by atoms with E-state index in [0.29, 0.717) is 12.8 Å². The van der Waals surface area contributed by atoms with Gasteiger partial charge in [0.2, 0.25) is 5.89 Å². The predicted molar refractivity (Wildman–Crippen MR) is 56.2 cm³/mol. The Morgan fingerprint density at radius 3 is 2.84 bits per heavy atom. The molecule has 106 valence electrons. The zero-order chi connectivity index (χ0) is 13.9. The Morgan fingerprint density at radius 2 is 2.16 bits per heavy atom. The highest BCUT2D eigenvalue weighted by molar-refractivity contribution is 5.85. The molecule has 1 aliphatic rings. The summed E-state index contributed by atoms with van der Waals surface area (Å²) in [7, 11) is 0. The first-order valence-electron chi connectivity index (χ1n) is 5.95. The second-order valence-electron chi connectivity index (χ2n) is 4.42. The van der Waals surface area contributed by atoms with E-state index < -0.39 is 18.7 Å². The number of hydrogen-bond acceptors (Lipinski definition) is 5. The zero-order valence-corrected chi connectivity index (χ0v) is 10.1. The molecule has 5 nitrogen and oxygen atoms in total. The first-order valence-corrected chi connectivity index (χ1v) is 5.95. The predicted octanol–water partition coefficient (Wildman–Crippen LogP) is 2.38. The molecule has 1 fully saturated rings. The van der Waals surface area contributed by atoms with Crippen LogP contribution in [0.15, 0.2) is 4.52 Å². The number of carbonyl (C=O) groups is 1. The van der Waals surface area contributed by atoms with Gasteiger partial charge >= 0.3 is 6.18 Å². The summed E-state index contributed by atoms with van der Waals surface area (Å²) in [6.45, 7) is -1.75. The topological polar surface area (TPSA) is 65.2 Å². The average molecular weight is 278 g/mol. The van der Waals surface area contributed by atoms with E-state index in [4.69, 9.17) is 4.52 Å². The minimum atomic E-state index is -4.38. The highest BCUT2D eigenvalue weighted by Crippen LogP contribution is 2.28. The number of carbonyl (C=O) groups excluding carboxylic acids is 1. The largest absolute Gasteiger partial charge is 0.411 e. The first kappa shape index (κ1) is 14.0. The van der Waals surface area contributed by atoms with Crippen LogP contribution in [0.25, 0.3) is 0 Å². The molecule has 1 aliphatic carbocycles. The average Bonchev–Trinajstić information content (AvgIpc) is 2.76. The van der Waals surface area contributed by atoms with Crippen molar-refractivity contribution >= 4 is 5.78 Å². The van der Waals surface area contributed by atoms with Crippen LogP contribution >= 0.6 is 0 Å². The second kappa shape index (κ2) is 5.68. The third-order valence-corrected chi connectivity index (χ3v) is 2.83. The van der Waals surface area contributed by atoms with E-state index in [1.165, 1.54) is 0 Å². The normalized spacial score (nSPS) is 20.8. The maximum atomic E-state index is 11.9. The molecule has 1 atom stereocenters. The van der Waals surface area contributed by atoms with Crippen molar-refractivity contribution < 1.29 is 27.2 Å². The van der Waals surface area contributed by atoms with Gasteiger partial charge < -0.3 is 9.26 Å². The number of ketones is 1. The monoisotopic (exact) mass is 278 g/mol. The maximum Gasteiger partial charge on any atom is 0.411 e. The minimum absolute atomic E-state index is 0.0256. The third kappa shape index (κ3) is 4.02. The molecule has 0 bridgehead atoms. The van der Waals surface area contributed by atoms with Crippen LogP contribution in [0.5, 0.6) is 0 Å². The number of halogens is 3. The van der Waals surface area contributed by atoms with Crippen LogP contribution in [0.4, 0.5) is 13.2 Å². The van der Waals surface area contributed by atoms with Gasteiger partial charge in [-0.2, -0.15) is 18.2 Å². The van der Waals surface area contributed by atoms with Crippen molar-refractivity contribution in [2.24, 2.45) is 0 Å². The Balaban J connectivity index is 1.90. The fourth-order valence-corrected chi connectivity index (χ4v) is 1.97. The molecule has 0 saturated heterocycles. The fourth-order valence-electron chi connectivity index (χ4n) is 1.97. The molecule has 0 N–H and O–H groups in total. The molecule has 1 aromatic rings. The van der Waals surface area contributed by atoms with E-state index in [2.05, 4.69) is 14.9 Å². The molecule has 0 aromatic carbocycles. The van der Waals surface area contributed by atoms with Gasteiger partial charge in [-0.15, -0.1) is 0 Å². The van der Waals surface area contributed by atoms with Gasteiger partial charge in [-0.1, -0.05) is 11.6 Å². The van der Waals surface area contributed by atoms with E-state index in [0.717, 1.165) is 12.8 Å². The lowest BCUT2D eigenvalue weighted by atomic mass is 9.88. The smallest absolute Gasteiger partial charge is 0.364 e. The van der Waals surface area contributed by atoms with E-state index >= 15 is 0 Å². The van der Waals surface area contributed by atoms with Gasteiger partial charge in [0, 0.05) is 6.42 Å². The maximum absolute atomic E-state index is 11.9. The molecule has 8 heteroatoms. The first-order chi connectivity index (χ1) is 8.96. The summed E-state index contributed by atoms with van der Waals surface area (Å²) in [5.41, 5.74) is 0. The Hall–Kier alpha value is -1.44. The summed E-state index contributed by atoms with van der Waals surface area (Å²) >= 11 is 0. The number of aromatic nitrogens is 2. The molecule has 1 heterocycles. The Bertz CT molecular complexity index is 445. The molecule has 1 unspecified atom stereocenters. The van der Waals surface area contributed by atoms with Crippen molar-refractivity contribution in [1.29, 1.82) is 0 Å². The molecule has 19 heavy (non-hydrogen) atoms. The molecule has 0 aliphatic heterocycles. The van der Waals surface area contributed by atoms with Crippen molar-refractivity contribution in [3.8, 4) is 0 Å². The highest BCUT2D eigenvalue weighted by Gasteiger charge is 2.30. The Labute approximate surface area is 107 Å². The minimum Gasteiger partial charge on any atom is -0.364 e. The van der Waals surface area contributed by atoms with Gasteiger partial charge in [-0.05, 0) is 12.8 Å². The van der Waals surface area contributed by atoms with Crippen molar-refractivity contribution in [1.82, 2.24) is 10.1 Å². The number of nitrogens with zero attached hydrogens (tertiary/aromatic N) is 2. The van der Waals surface area contributed by atoms with Gasteiger partial charge in [-0.3, -0.25) is 4.79 Å². The van der Waals surface area contributed by atoms with Crippen molar-refractivity contribution in [2.75, 3.05) is 6.61 Å². The summed E-state index contributed by atoms with van der Waals surface area (Å²) in [5, 5.41) is 3.51. The van der Waals surface area contributed by atoms with Crippen LogP contribution in [0.3, 0.4) is 0 Å². The Kier molecular flexibility index (Phi) is 4.18. The number of hydrogen-bond donors (Lipinski definition) is 0. The SMILES string of the molecule is O=C1CCCCC1c1nc(COCC(F)(F)F)no1. The summed E-state index contributed by atoms with van der Waals surface area (Å²) in [4.78, 5) is 15.6. The lowest BCUT2D eigenvalue weighted by Crippen LogP contribution is -2.18. The van der Waals surface area contributed by atoms with Crippen LogP contribution in [0.2, 0.25) is 0 Å². The van der Waals surface area contributed by atoms with Crippen LogP contribution in [0.1, 0.15) is 43.3 Å². The van der Waals surface area contributed by atoms with Crippen LogP contribution in [-0.4, -0.2) is 28.7 Å². The lowest BCUT2D eigenvalue weighted by molar-refractivity contribution is -0.177. The molecule has 1 saturated carbocycles. The van der Waals surface area contributed by atoms with Crippen molar-refractivity contribution in [2.45, 2.75) is 44.4 Å². The van der Waals surface area contributed by atoms with Gasteiger partial charge in [-0.25, -0.2) is 0 Å². The highest BCUT2D eigenvalue weighted by atomic mass is 19.4. The summed E-state index contributed by atoms with van der Waals surface area (Å²) < 4.78 is 44.9. The molecule has 0 amide bonds. The summed E-state index contributed by atoms with van der Waals surface area (Å²) in [6, 6.07) is 0. The van der Waals surface area contributed by atoms with E-state index in [1.807, 2.05) is 0 Å².